The molecule has 0 aliphatic carbocycles. The van der Waals surface area contributed by atoms with Crippen LogP contribution in [0.15, 0.2) is 0 Å². The zero-order valence-electron chi connectivity index (χ0n) is 6.56. The lowest BCUT2D eigenvalue weighted by Crippen LogP contribution is -2.23. The molecule has 10 heavy (non-hydrogen) atoms. The summed E-state index contributed by atoms with van der Waals surface area (Å²) in [6.45, 7) is 4.27. The van der Waals surface area contributed by atoms with E-state index in [1.165, 1.54) is 18.9 Å². The molecule has 59 valence electrons. The monoisotopic (exact) mass is 177 g/mol. The molecule has 2 atom stereocenters. The van der Waals surface area contributed by atoms with Crippen LogP contribution in [0, 0.1) is 0 Å². The van der Waals surface area contributed by atoms with Gasteiger partial charge in [-0.2, -0.15) is 0 Å². The number of hydrogen-bond acceptors (Lipinski definition) is 1. The van der Waals surface area contributed by atoms with Crippen LogP contribution in [0.2, 0.25) is 12.6 Å². The second-order valence-corrected chi connectivity index (χ2v) is 6.73. The van der Waals surface area contributed by atoms with Crippen LogP contribution in [0.1, 0.15) is 19.8 Å². The molecule has 0 N–H and O–H groups in total. The van der Waals surface area contributed by atoms with Crippen LogP contribution in [0.4, 0.5) is 0 Å². The fourth-order valence-electron chi connectivity index (χ4n) is 0.789. The Morgan fingerprint density at radius 2 is 2.30 bits per heavy atom. The predicted octanol–water partition coefficient (Wildman–Crippen LogP) is 1.90. The molecule has 2 unspecified atom stereocenters. The minimum Gasteiger partial charge on any atom is -0.290 e. The lowest BCUT2D eigenvalue weighted by molar-refractivity contribution is 0.558. The van der Waals surface area contributed by atoms with Gasteiger partial charge in [-0.15, -0.1) is 11.6 Å². The van der Waals surface area contributed by atoms with Crippen molar-refractivity contribution in [2.45, 2.75) is 37.4 Å². The molecule has 0 fully saturated rings. The largest absolute Gasteiger partial charge is 0.290 e. The average molecular weight is 178 g/mol. The maximum Gasteiger partial charge on any atom is 0.214 e. The van der Waals surface area contributed by atoms with E-state index in [1.54, 1.807) is 0 Å². The maximum atomic E-state index is 10.1. The van der Waals surface area contributed by atoms with Crippen LogP contribution in [0.3, 0.4) is 0 Å². The highest BCUT2D eigenvalue weighted by molar-refractivity contribution is 6.72. The minimum absolute atomic E-state index is 0.272. The van der Waals surface area contributed by atoms with Gasteiger partial charge in [0.25, 0.3) is 0 Å². The molecule has 0 aromatic rings. The normalized spacial score (nSPS) is 16.3. The van der Waals surface area contributed by atoms with E-state index in [9.17, 15) is 4.79 Å². The van der Waals surface area contributed by atoms with Crippen LogP contribution >= 0.6 is 11.6 Å². The fourth-order valence-corrected chi connectivity index (χ4v) is 2.74. The maximum absolute atomic E-state index is 10.1. The molecule has 0 aliphatic heterocycles. The van der Waals surface area contributed by atoms with Crippen molar-refractivity contribution in [2.24, 2.45) is 0 Å². The quantitative estimate of drug-likeness (QED) is 0.463. The van der Waals surface area contributed by atoms with E-state index in [1.807, 2.05) is 6.29 Å². The first kappa shape index (κ1) is 10.2. The molecule has 0 spiro atoms. The molecule has 1 radical (unpaired) electrons. The second kappa shape index (κ2) is 5.92. The number of hydrogen-bond donors (Lipinski definition) is 0. The smallest absolute Gasteiger partial charge is 0.214 e. The molecule has 0 bridgehead atoms. The number of rotatable bonds is 5. The summed E-state index contributed by atoms with van der Waals surface area (Å²) in [6.07, 6.45) is 4.25. The highest BCUT2D eigenvalue weighted by atomic mass is 35.5. The highest BCUT2D eigenvalue weighted by Gasteiger charge is 2.14. The standard InChI is InChI=1S/C7H14ClOSi/c1-3-4-5-10(2)7(8)6-9/h7,10H,3-5H2,1-2H3. The molecule has 0 saturated heterocycles. The van der Waals surface area contributed by atoms with E-state index < -0.39 is 8.80 Å². The Morgan fingerprint density at radius 3 is 2.70 bits per heavy atom. The Kier molecular flexibility index (Phi) is 6.03. The van der Waals surface area contributed by atoms with E-state index >= 15 is 0 Å². The third-order valence-corrected chi connectivity index (χ3v) is 5.46. The van der Waals surface area contributed by atoms with Gasteiger partial charge in [0.1, 0.15) is 0 Å². The molecule has 3 heteroatoms. The first-order valence-electron chi connectivity index (χ1n) is 3.74. The van der Waals surface area contributed by atoms with E-state index in [4.69, 9.17) is 11.6 Å². The van der Waals surface area contributed by atoms with Gasteiger partial charge in [-0.1, -0.05) is 32.4 Å². The van der Waals surface area contributed by atoms with Crippen LogP contribution < -0.4 is 0 Å². The van der Waals surface area contributed by atoms with Crippen LogP contribution in [0.25, 0.3) is 0 Å². The predicted molar refractivity (Wildman–Crippen MR) is 48.1 cm³/mol. The Bertz CT molecular complexity index is 97.6. The summed E-state index contributed by atoms with van der Waals surface area (Å²) in [7, 11) is -0.972. The number of halogens is 1. The van der Waals surface area contributed by atoms with Gasteiger partial charge >= 0.3 is 0 Å². The third-order valence-electron chi connectivity index (χ3n) is 1.63. The van der Waals surface area contributed by atoms with Crippen molar-refractivity contribution < 1.29 is 4.79 Å². The van der Waals surface area contributed by atoms with Gasteiger partial charge < -0.3 is 0 Å². The first-order chi connectivity index (χ1) is 4.72. The lowest BCUT2D eigenvalue weighted by Gasteiger charge is -2.08. The summed E-state index contributed by atoms with van der Waals surface area (Å²) in [6, 6.07) is 1.17. The summed E-state index contributed by atoms with van der Waals surface area (Å²) in [5.74, 6) is 0. The van der Waals surface area contributed by atoms with Crippen molar-refractivity contribution in [3.63, 3.8) is 0 Å². The number of alkyl halides is 1. The molecule has 0 aromatic carbocycles. The zero-order valence-corrected chi connectivity index (χ0v) is 8.47. The first-order valence-corrected chi connectivity index (χ1v) is 6.81. The van der Waals surface area contributed by atoms with Gasteiger partial charge in [-0.25, -0.2) is 0 Å². The lowest BCUT2D eigenvalue weighted by atomic mass is 10.4. The minimum atomic E-state index is -0.972. The van der Waals surface area contributed by atoms with Gasteiger partial charge in [-0.05, 0) is 0 Å². The zero-order chi connectivity index (χ0) is 7.98. The van der Waals surface area contributed by atoms with E-state index in [2.05, 4.69) is 13.5 Å². The number of unbranched alkanes of at least 4 members (excludes halogenated alkanes) is 1. The van der Waals surface area contributed by atoms with Gasteiger partial charge in [0.15, 0.2) is 0 Å². The van der Waals surface area contributed by atoms with Crippen molar-refractivity contribution in [2.75, 3.05) is 0 Å². The summed E-state index contributed by atoms with van der Waals surface area (Å²) < 4.78 is 0. The molecule has 0 amide bonds. The van der Waals surface area contributed by atoms with Crippen molar-refractivity contribution in [3.05, 3.63) is 0 Å². The Morgan fingerprint density at radius 1 is 1.70 bits per heavy atom. The van der Waals surface area contributed by atoms with Crippen molar-refractivity contribution >= 4 is 26.7 Å². The van der Waals surface area contributed by atoms with E-state index in [0.717, 1.165) is 0 Å². The summed E-state index contributed by atoms with van der Waals surface area (Å²) in [5.41, 5.74) is 0. The molecule has 0 aromatic heterocycles. The van der Waals surface area contributed by atoms with Crippen LogP contribution in [0.5, 0.6) is 0 Å². The topological polar surface area (TPSA) is 17.1 Å². The number of carbonyl (C=O) groups excluding carboxylic acids is 1. The van der Waals surface area contributed by atoms with Crippen LogP contribution in [-0.4, -0.2) is 20.1 Å². The highest BCUT2D eigenvalue weighted by Crippen LogP contribution is 2.07. The van der Waals surface area contributed by atoms with E-state index in [-0.39, 0.29) is 5.00 Å². The SMILES string of the molecule is CCCC[SiH](C)C(Cl)[C]=O. The van der Waals surface area contributed by atoms with Crippen molar-refractivity contribution in [1.29, 1.82) is 0 Å². The van der Waals surface area contributed by atoms with Crippen LogP contribution in [-0.2, 0) is 4.79 Å². The molecule has 0 rings (SSSR count). The summed E-state index contributed by atoms with van der Waals surface area (Å²) in [5, 5.41) is -0.272. The average Bonchev–Trinajstić information content (AvgIpc) is 1.98. The second-order valence-electron chi connectivity index (χ2n) is 2.64. The van der Waals surface area contributed by atoms with Gasteiger partial charge in [0.05, 0.1) is 13.8 Å². The Balaban J connectivity index is 3.40. The Labute approximate surface area is 69.4 Å². The summed E-state index contributed by atoms with van der Waals surface area (Å²) in [4.78, 5) is 10.1. The molecule has 0 saturated carbocycles. The molecular weight excluding hydrogens is 164 g/mol. The van der Waals surface area contributed by atoms with E-state index in [0.29, 0.717) is 0 Å². The van der Waals surface area contributed by atoms with Crippen molar-refractivity contribution in [3.8, 4) is 0 Å². The molecule has 1 nitrogen and oxygen atoms in total. The molecular formula is C7H14ClOSi. The summed E-state index contributed by atoms with van der Waals surface area (Å²) >= 11 is 5.69. The van der Waals surface area contributed by atoms with Gasteiger partial charge in [-0.3, -0.25) is 4.79 Å². The molecule has 0 heterocycles. The fraction of sp³-hybridized carbons (Fsp3) is 0.857. The molecule has 0 aliphatic rings. The van der Waals surface area contributed by atoms with Crippen molar-refractivity contribution in [1.82, 2.24) is 0 Å². The van der Waals surface area contributed by atoms with Gasteiger partial charge in [0.2, 0.25) is 6.29 Å². The van der Waals surface area contributed by atoms with Gasteiger partial charge in [0, 0.05) is 0 Å². The Hall–Kier alpha value is 0.177. The third kappa shape index (κ3) is 4.07.